The quantitative estimate of drug-likeness (QED) is 0.280. The van der Waals surface area contributed by atoms with Crippen molar-refractivity contribution in [3.63, 3.8) is 0 Å². The van der Waals surface area contributed by atoms with Crippen LogP contribution in [0.4, 0.5) is 0 Å². The first-order valence-electron chi connectivity index (χ1n) is 11.4. The Morgan fingerprint density at radius 2 is 1.54 bits per heavy atom. The number of aromatic nitrogens is 1. The van der Waals surface area contributed by atoms with Gasteiger partial charge in [-0.05, 0) is 0 Å². The van der Waals surface area contributed by atoms with Gasteiger partial charge in [0.25, 0.3) is 0 Å². The van der Waals surface area contributed by atoms with Crippen LogP contribution in [0.15, 0.2) is 30.5 Å². The van der Waals surface area contributed by atoms with Crippen molar-refractivity contribution in [2.45, 2.75) is 91.9 Å². The zero-order valence-corrected chi connectivity index (χ0v) is 21.0. The van der Waals surface area contributed by atoms with Gasteiger partial charge in [-0.1, -0.05) is 0 Å². The van der Waals surface area contributed by atoms with E-state index < -0.39 is 18.8 Å². The monoisotopic (exact) mass is 493 g/mol. The first-order valence-corrected chi connectivity index (χ1v) is 18.6. The molecule has 3 nitrogen and oxygen atoms in total. The number of aromatic amines is 1. The number of aryl methyl sites for hydroxylation is 1. The topological polar surface area (TPSA) is 42.1 Å². The third-order valence-corrected chi connectivity index (χ3v) is 18.5. The number of nitrogens with one attached hydrogen (secondary N) is 1. The van der Waals surface area contributed by atoms with Crippen molar-refractivity contribution in [2.75, 3.05) is 0 Å². The molecule has 156 valence electrons. The molecule has 0 amide bonds. The summed E-state index contributed by atoms with van der Waals surface area (Å²) in [6.45, 7) is 6.75. The van der Waals surface area contributed by atoms with E-state index in [0.29, 0.717) is 6.42 Å². The Hall–Kier alpha value is -0.971. The summed E-state index contributed by atoms with van der Waals surface area (Å²) in [5.41, 5.74) is 2.48. The predicted molar refractivity (Wildman–Crippen MR) is 122 cm³/mol. The summed E-state index contributed by atoms with van der Waals surface area (Å²) in [5, 5.41) is 1.28. The van der Waals surface area contributed by atoms with Crippen molar-refractivity contribution in [3.05, 3.63) is 36.0 Å². The fourth-order valence-corrected chi connectivity index (χ4v) is 17.3. The Bertz CT molecular complexity index is 688. The molecule has 1 aromatic carbocycles. The van der Waals surface area contributed by atoms with E-state index >= 15 is 0 Å². The van der Waals surface area contributed by atoms with E-state index in [0.717, 1.165) is 12.8 Å². The molecule has 0 radical (unpaired) electrons. The van der Waals surface area contributed by atoms with Gasteiger partial charge in [0.2, 0.25) is 0 Å². The fourth-order valence-electron chi connectivity index (χ4n) is 4.08. The molecule has 1 heterocycles. The van der Waals surface area contributed by atoms with Gasteiger partial charge in [-0.25, -0.2) is 0 Å². The van der Waals surface area contributed by atoms with Gasteiger partial charge in [0.1, 0.15) is 0 Å². The summed E-state index contributed by atoms with van der Waals surface area (Å²) >= 11 is -2.81. The van der Waals surface area contributed by atoms with Gasteiger partial charge < -0.3 is 0 Å². The molecule has 1 aromatic heterocycles. The van der Waals surface area contributed by atoms with Crippen LogP contribution in [-0.4, -0.2) is 29.7 Å². The Morgan fingerprint density at radius 1 is 0.929 bits per heavy atom. The van der Waals surface area contributed by atoms with Crippen LogP contribution >= 0.6 is 0 Å². The van der Waals surface area contributed by atoms with Gasteiger partial charge in [-0.3, -0.25) is 0 Å². The van der Waals surface area contributed by atoms with Crippen LogP contribution in [0.25, 0.3) is 10.9 Å². The molecule has 0 atom stereocenters. The van der Waals surface area contributed by atoms with E-state index in [2.05, 4.69) is 56.2 Å². The standard InChI is InChI=1S/C12H13NO2.3C4H9.Sn/c14-12(15)7-3-4-9-8-13-11-6-2-1-5-10(9)11;3*1-3-4-2;/h1-2,5-6,8,13H,3-4,7H2,(H,14,15);3*1,3-4H2,2H3;/q;;;;+1/p-1. The molecule has 0 aliphatic rings. The Balaban J connectivity index is 1.93. The van der Waals surface area contributed by atoms with Gasteiger partial charge in [-0.2, -0.15) is 0 Å². The summed E-state index contributed by atoms with van der Waals surface area (Å²) in [4.78, 5) is 16.1. The predicted octanol–water partition coefficient (Wildman–Crippen LogP) is 7.38. The Labute approximate surface area is 176 Å². The molecule has 0 bridgehead atoms. The van der Waals surface area contributed by atoms with Crippen molar-refractivity contribution in [1.29, 1.82) is 0 Å². The number of H-pyrrole nitrogens is 1. The summed E-state index contributed by atoms with van der Waals surface area (Å²) in [6, 6.07) is 8.38. The molecule has 0 fully saturated rings. The van der Waals surface area contributed by atoms with E-state index in [4.69, 9.17) is 3.07 Å². The Kier molecular flexibility index (Phi) is 10.5. The van der Waals surface area contributed by atoms with Gasteiger partial charge >= 0.3 is 176 Å². The number of benzene rings is 1. The summed E-state index contributed by atoms with van der Waals surface area (Å²) in [6.07, 6.45) is 11.7. The molecule has 4 heteroatoms. The minimum absolute atomic E-state index is 0.0824. The Morgan fingerprint density at radius 3 is 2.14 bits per heavy atom. The number of hydrogen-bond donors (Lipinski definition) is 1. The second kappa shape index (κ2) is 12.6. The maximum atomic E-state index is 12.8. The van der Waals surface area contributed by atoms with E-state index in [9.17, 15) is 4.79 Å². The van der Waals surface area contributed by atoms with E-state index in [1.807, 2.05) is 0 Å². The van der Waals surface area contributed by atoms with Crippen LogP contribution in [0.3, 0.4) is 0 Å². The molecule has 2 aromatic rings. The molecular formula is C24H39NO2Sn. The zero-order chi connectivity index (χ0) is 20.2. The second-order valence-corrected chi connectivity index (χ2v) is 19.8. The van der Waals surface area contributed by atoms with Crippen molar-refractivity contribution < 1.29 is 7.87 Å². The number of para-hydroxylation sites is 1. The van der Waals surface area contributed by atoms with Gasteiger partial charge in [0.15, 0.2) is 0 Å². The van der Waals surface area contributed by atoms with Crippen LogP contribution in [0.1, 0.15) is 77.7 Å². The van der Waals surface area contributed by atoms with E-state index in [1.165, 1.54) is 68.3 Å². The van der Waals surface area contributed by atoms with E-state index in [-0.39, 0.29) is 5.97 Å². The third kappa shape index (κ3) is 7.13. The van der Waals surface area contributed by atoms with Crippen LogP contribution < -0.4 is 0 Å². The van der Waals surface area contributed by atoms with E-state index in [1.54, 1.807) is 0 Å². The van der Waals surface area contributed by atoms with Crippen molar-refractivity contribution in [1.82, 2.24) is 4.98 Å². The average molecular weight is 492 g/mol. The van der Waals surface area contributed by atoms with Crippen LogP contribution in [0, 0.1) is 0 Å². The second-order valence-electron chi connectivity index (χ2n) is 8.18. The molecule has 0 saturated heterocycles. The SMILES string of the molecule is CCC[CH2][Sn]([CH2]CCC)([CH2]CCC)[O]C(=O)CCCc1c[nH]c2ccccc12. The van der Waals surface area contributed by atoms with Gasteiger partial charge in [-0.15, -0.1) is 0 Å². The fraction of sp³-hybridized carbons (Fsp3) is 0.625. The number of hydrogen-bond acceptors (Lipinski definition) is 2. The number of carbonyl (C=O) groups is 1. The zero-order valence-electron chi connectivity index (χ0n) is 18.2. The first kappa shape index (κ1) is 23.3. The normalized spacial score (nSPS) is 11.8. The molecule has 2 rings (SSSR count). The van der Waals surface area contributed by atoms with Crippen molar-refractivity contribution in [2.24, 2.45) is 0 Å². The van der Waals surface area contributed by atoms with Crippen LogP contribution in [0.5, 0.6) is 0 Å². The molecule has 28 heavy (non-hydrogen) atoms. The molecule has 0 aliphatic carbocycles. The number of carbonyl (C=O) groups excluding carboxylic acids is 1. The van der Waals surface area contributed by atoms with Gasteiger partial charge in [0, 0.05) is 0 Å². The van der Waals surface area contributed by atoms with Crippen molar-refractivity contribution in [3.8, 4) is 0 Å². The van der Waals surface area contributed by atoms with Gasteiger partial charge in [0.05, 0.1) is 0 Å². The molecule has 0 spiro atoms. The summed E-state index contributed by atoms with van der Waals surface area (Å²) < 4.78 is 10.1. The maximum absolute atomic E-state index is 12.8. The number of unbranched alkanes of at least 4 members (excludes halogenated alkanes) is 3. The van der Waals surface area contributed by atoms with Crippen molar-refractivity contribution >= 4 is 35.7 Å². The first-order chi connectivity index (χ1) is 13.6. The molecule has 0 aliphatic heterocycles. The number of fused-ring (bicyclic) bond motifs is 1. The molecule has 1 N–H and O–H groups in total. The summed E-state index contributed by atoms with van der Waals surface area (Å²) in [7, 11) is 0. The number of rotatable bonds is 14. The van der Waals surface area contributed by atoms with Crippen LogP contribution in [0.2, 0.25) is 13.3 Å². The molecule has 0 unspecified atom stereocenters. The molecular weight excluding hydrogens is 453 g/mol. The summed E-state index contributed by atoms with van der Waals surface area (Å²) in [5.74, 6) is 0.0824. The molecule has 0 saturated carbocycles. The van der Waals surface area contributed by atoms with Crippen LogP contribution in [-0.2, 0) is 14.3 Å². The third-order valence-electron chi connectivity index (χ3n) is 5.79. The minimum atomic E-state index is -2.81. The average Bonchev–Trinajstić information content (AvgIpc) is 3.12.